The molecule has 0 aliphatic heterocycles. The Balaban J connectivity index is 2.31. The number of hydrogen-bond donors (Lipinski definition) is 2. The van der Waals surface area contributed by atoms with Crippen LogP contribution in [0.2, 0.25) is 0 Å². The fourth-order valence-electron chi connectivity index (χ4n) is 2.32. The molecule has 0 atom stereocenters. The number of fused-ring (bicyclic) bond motifs is 1. The Hall–Kier alpha value is -2.56. The largest absolute Gasteiger partial charge is 0.398 e. The SMILES string of the molecule is C=C(N=C/C=C(\N)c1c(C(C)C)nn2ccccc12)NCCC. The molecule has 0 spiro atoms. The summed E-state index contributed by atoms with van der Waals surface area (Å²) in [5.41, 5.74) is 9.91. The molecule has 0 aliphatic rings. The lowest BCUT2D eigenvalue weighted by molar-refractivity contribution is 0.765. The number of aliphatic imine (C=N–C) groups is 1. The van der Waals surface area contributed by atoms with E-state index in [0.717, 1.165) is 29.7 Å². The lowest BCUT2D eigenvalue weighted by Crippen LogP contribution is -2.11. The molecule has 0 saturated carbocycles. The molecule has 0 radical (unpaired) electrons. The molecular formula is C18H25N5. The molecule has 2 aromatic rings. The predicted molar refractivity (Wildman–Crippen MR) is 97.4 cm³/mol. The van der Waals surface area contributed by atoms with E-state index in [1.807, 2.05) is 28.9 Å². The van der Waals surface area contributed by atoms with E-state index in [2.05, 4.69) is 42.8 Å². The van der Waals surface area contributed by atoms with Gasteiger partial charge in [0.25, 0.3) is 0 Å². The second-order valence-corrected chi connectivity index (χ2v) is 5.72. The highest BCUT2D eigenvalue weighted by atomic mass is 15.2. The lowest BCUT2D eigenvalue weighted by Gasteiger charge is -2.05. The maximum atomic E-state index is 6.30. The van der Waals surface area contributed by atoms with Gasteiger partial charge in [0.15, 0.2) is 0 Å². The van der Waals surface area contributed by atoms with Gasteiger partial charge in [-0.2, -0.15) is 5.10 Å². The highest BCUT2D eigenvalue weighted by Gasteiger charge is 2.16. The van der Waals surface area contributed by atoms with E-state index in [0.29, 0.717) is 11.5 Å². The van der Waals surface area contributed by atoms with Gasteiger partial charge in [-0.1, -0.05) is 33.4 Å². The summed E-state index contributed by atoms with van der Waals surface area (Å²) >= 11 is 0. The summed E-state index contributed by atoms with van der Waals surface area (Å²) in [5, 5.41) is 7.76. The van der Waals surface area contributed by atoms with Crippen LogP contribution in [-0.4, -0.2) is 22.4 Å². The van der Waals surface area contributed by atoms with E-state index in [4.69, 9.17) is 5.73 Å². The van der Waals surface area contributed by atoms with Gasteiger partial charge in [0, 0.05) is 30.2 Å². The first-order chi connectivity index (χ1) is 11.0. The summed E-state index contributed by atoms with van der Waals surface area (Å²) in [6.07, 6.45) is 6.45. The molecule has 0 saturated heterocycles. The molecule has 0 aromatic carbocycles. The minimum absolute atomic E-state index is 0.287. The fraction of sp³-hybridized carbons (Fsp3) is 0.333. The van der Waals surface area contributed by atoms with Crippen LogP contribution in [0.4, 0.5) is 0 Å². The average Bonchev–Trinajstić information content (AvgIpc) is 2.92. The summed E-state index contributed by atoms with van der Waals surface area (Å²) in [4.78, 5) is 4.25. The van der Waals surface area contributed by atoms with Gasteiger partial charge in [-0.05, 0) is 30.5 Å². The van der Waals surface area contributed by atoms with Crippen molar-refractivity contribution in [3.05, 3.63) is 54.1 Å². The monoisotopic (exact) mass is 311 g/mol. The summed E-state index contributed by atoms with van der Waals surface area (Å²) < 4.78 is 1.87. The third-order valence-corrected chi connectivity index (χ3v) is 3.47. The van der Waals surface area contributed by atoms with Crippen LogP contribution in [0.5, 0.6) is 0 Å². The molecule has 5 heteroatoms. The fourth-order valence-corrected chi connectivity index (χ4v) is 2.32. The Kier molecular flexibility index (Phi) is 5.57. The van der Waals surface area contributed by atoms with Crippen LogP contribution >= 0.6 is 0 Å². The third-order valence-electron chi connectivity index (χ3n) is 3.47. The van der Waals surface area contributed by atoms with Crippen LogP contribution in [0.3, 0.4) is 0 Å². The quantitative estimate of drug-likeness (QED) is 0.771. The molecule has 0 unspecified atom stereocenters. The van der Waals surface area contributed by atoms with Gasteiger partial charge < -0.3 is 11.1 Å². The number of pyridine rings is 1. The maximum Gasteiger partial charge on any atom is 0.118 e. The zero-order chi connectivity index (χ0) is 16.8. The second kappa shape index (κ2) is 7.63. The van der Waals surface area contributed by atoms with Crippen LogP contribution in [0.15, 0.2) is 47.9 Å². The first-order valence-corrected chi connectivity index (χ1v) is 7.94. The Morgan fingerprint density at radius 3 is 2.96 bits per heavy atom. The van der Waals surface area contributed by atoms with E-state index in [9.17, 15) is 0 Å². The number of aromatic nitrogens is 2. The Morgan fingerprint density at radius 2 is 2.26 bits per heavy atom. The third kappa shape index (κ3) is 4.00. The van der Waals surface area contributed by atoms with Gasteiger partial charge in [-0.25, -0.2) is 9.51 Å². The summed E-state index contributed by atoms with van der Waals surface area (Å²) in [6.45, 7) is 11.0. The second-order valence-electron chi connectivity index (χ2n) is 5.72. The smallest absolute Gasteiger partial charge is 0.118 e. The van der Waals surface area contributed by atoms with Crippen LogP contribution in [0, 0.1) is 0 Å². The standard InChI is InChI=1S/C18H25N5/c1-5-10-20-14(4)21-11-9-15(19)17-16-8-6-7-12-23(16)22-18(17)13(2)3/h6-9,11-13,20H,4-5,10,19H2,1-3H3/b15-9-,21-11?. The number of allylic oxidation sites excluding steroid dienone is 1. The maximum absolute atomic E-state index is 6.30. The number of nitrogens with one attached hydrogen (secondary N) is 1. The molecule has 5 nitrogen and oxygen atoms in total. The Morgan fingerprint density at radius 1 is 1.48 bits per heavy atom. The van der Waals surface area contributed by atoms with Crippen molar-refractivity contribution < 1.29 is 0 Å². The van der Waals surface area contributed by atoms with Crippen LogP contribution in [0.25, 0.3) is 11.2 Å². The molecule has 3 N–H and O–H groups in total. The highest BCUT2D eigenvalue weighted by Crippen LogP contribution is 2.26. The molecule has 0 bridgehead atoms. The van der Waals surface area contributed by atoms with Crippen molar-refractivity contribution in [1.82, 2.24) is 14.9 Å². The minimum Gasteiger partial charge on any atom is -0.398 e. The highest BCUT2D eigenvalue weighted by molar-refractivity contribution is 5.89. The first kappa shape index (κ1) is 16.8. The molecule has 2 aromatic heterocycles. The molecule has 23 heavy (non-hydrogen) atoms. The average molecular weight is 311 g/mol. The zero-order valence-electron chi connectivity index (χ0n) is 14.1. The Bertz CT molecular complexity index is 737. The van der Waals surface area contributed by atoms with Gasteiger partial charge >= 0.3 is 0 Å². The normalized spacial score (nSPS) is 12.4. The molecular weight excluding hydrogens is 286 g/mol. The number of nitrogens with zero attached hydrogens (tertiary/aromatic N) is 3. The van der Waals surface area contributed by atoms with Crippen molar-refractivity contribution in [3.63, 3.8) is 0 Å². The van der Waals surface area contributed by atoms with Crippen molar-refractivity contribution in [2.24, 2.45) is 10.7 Å². The van der Waals surface area contributed by atoms with E-state index in [1.54, 1.807) is 12.3 Å². The lowest BCUT2D eigenvalue weighted by atomic mass is 10.0. The van der Waals surface area contributed by atoms with Gasteiger partial charge in [-0.15, -0.1) is 0 Å². The number of nitrogens with two attached hydrogens (primary N) is 1. The first-order valence-electron chi connectivity index (χ1n) is 7.94. The van der Waals surface area contributed by atoms with Crippen LogP contribution in [0.1, 0.15) is 44.4 Å². The van der Waals surface area contributed by atoms with Crippen molar-refractivity contribution in [2.45, 2.75) is 33.1 Å². The molecule has 0 fully saturated rings. The van der Waals surface area contributed by atoms with Gasteiger partial charge in [-0.3, -0.25) is 0 Å². The molecule has 0 aliphatic carbocycles. The van der Waals surface area contributed by atoms with Crippen molar-refractivity contribution in [1.29, 1.82) is 0 Å². The molecule has 0 amide bonds. The van der Waals surface area contributed by atoms with Gasteiger partial charge in [0.05, 0.1) is 11.2 Å². The predicted octanol–water partition coefficient (Wildman–Crippen LogP) is 3.30. The summed E-state index contributed by atoms with van der Waals surface area (Å²) in [7, 11) is 0. The molecule has 122 valence electrons. The van der Waals surface area contributed by atoms with Crippen LogP contribution in [-0.2, 0) is 0 Å². The van der Waals surface area contributed by atoms with Gasteiger partial charge in [0.1, 0.15) is 5.82 Å². The van der Waals surface area contributed by atoms with Crippen molar-refractivity contribution in [2.75, 3.05) is 6.54 Å². The number of rotatable bonds is 7. The van der Waals surface area contributed by atoms with E-state index in [1.165, 1.54) is 0 Å². The van der Waals surface area contributed by atoms with Crippen molar-refractivity contribution >= 4 is 17.4 Å². The van der Waals surface area contributed by atoms with E-state index in [-0.39, 0.29) is 5.92 Å². The minimum atomic E-state index is 0.287. The Labute approximate surface area is 137 Å². The molecule has 2 heterocycles. The van der Waals surface area contributed by atoms with E-state index < -0.39 is 0 Å². The summed E-state index contributed by atoms with van der Waals surface area (Å²) in [5.74, 6) is 0.926. The van der Waals surface area contributed by atoms with Crippen LogP contribution < -0.4 is 11.1 Å². The van der Waals surface area contributed by atoms with Gasteiger partial charge in [0.2, 0.25) is 0 Å². The summed E-state index contributed by atoms with van der Waals surface area (Å²) in [6, 6.07) is 5.97. The molecule has 2 rings (SSSR count). The van der Waals surface area contributed by atoms with Crippen molar-refractivity contribution in [3.8, 4) is 0 Å². The number of hydrogen-bond acceptors (Lipinski definition) is 4. The zero-order valence-corrected chi connectivity index (χ0v) is 14.1. The topological polar surface area (TPSA) is 67.7 Å². The van der Waals surface area contributed by atoms with E-state index >= 15 is 0 Å².